The van der Waals surface area contributed by atoms with Gasteiger partial charge < -0.3 is 25.2 Å². The molecule has 0 saturated carbocycles. The summed E-state index contributed by atoms with van der Waals surface area (Å²) in [6, 6.07) is 1.75. The largest absolute Gasteiger partial charge is 0.481 e. The summed E-state index contributed by atoms with van der Waals surface area (Å²) in [5.74, 6) is -1.49. The van der Waals surface area contributed by atoms with Crippen LogP contribution in [0.4, 0.5) is 0 Å². The molecule has 112 valence electrons. The first-order valence-corrected chi connectivity index (χ1v) is 5.94. The van der Waals surface area contributed by atoms with Crippen molar-refractivity contribution >= 4 is 11.9 Å². The number of hydrogen-bond acceptors (Lipinski definition) is 6. The van der Waals surface area contributed by atoms with Crippen molar-refractivity contribution in [3.05, 3.63) is 11.8 Å². The van der Waals surface area contributed by atoms with Gasteiger partial charge in [-0.1, -0.05) is 0 Å². The van der Waals surface area contributed by atoms with Crippen molar-refractivity contribution in [2.45, 2.75) is 19.1 Å². The minimum absolute atomic E-state index is 0.0342. The molecule has 0 aromatic rings. The summed E-state index contributed by atoms with van der Waals surface area (Å²) in [7, 11) is 2.94. The number of hydrogen-bond donors (Lipinski definition) is 3. The van der Waals surface area contributed by atoms with Crippen molar-refractivity contribution in [1.29, 1.82) is 5.26 Å². The number of carboxylic acid groups (broad SMARTS) is 1. The zero-order valence-corrected chi connectivity index (χ0v) is 11.5. The fourth-order valence-electron chi connectivity index (χ4n) is 1.21. The topological polar surface area (TPSA) is 121 Å². The number of rotatable bonds is 10. The lowest BCUT2D eigenvalue weighted by Crippen LogP contribution is -2.29. The highest BCUT2D eigenvalue weighted by Gasteiger charge is 2.09. The number of carboxylic acids is 1. The number of nitrogens with zero attached hydrogens (tertiary/aromatic N) is 1. The van der Waals surface area contributed by atoms with E-state index in [0.717, 1.165) is 0 Å². The lowest BCUT2D eigenvalue weighted by Gasteiger charge is -2.12. The second-order valence-corrected chi connectivity index (χ2v) is 3.73. The van der Waals surface area contributed by atoms with Crippen molar-refractivity contribution in [3.8, 4) is 6.07 Å². The highest BCUT2D eigenvalue weighted by molar-refractivity contribution is 5.97. The average Bonchev–Trinajstić information content (AvgIpc) is 2.43. The second kappa shape index (κ2) is 10.8. The first kappa shape index (κ1) is 17.9. The average molecular weight is 285 g/mol. The minimum Gasteiger partial charge on any atom is -0.481 e. The van der Waals surface area contributed by atoms with Crippen molar-refractivity contribution in [3.63, 3.8) is 0 Å². The molecule has 3 N–H and O–H groups in total. The van der Waals surface area contributed by atoms with Crippen LogP contribution in [0.15, 0.2) is 11.8 Å². The van der Waals surface area contributed by atoms with E-state index in [1.165, 1.54) is 20.4 Å². The maximum atomic E-state index is 11.6. The lowest BCUT2D eigenvalue weighted by molar-refractivity contribution is -0.137. The predicted octanol–water partition coefficient (Wildman–Crippen LogP) is -0.417. The molecule has 0 unspecified atom stereocenters. The number of amides is 1. The van der Waals surface area contributed by atoms with E-state index >= 15 is 0 Å². The molecule has 0 aliphatic rings. The van der Waals surface area contributed by atoms with Crippen molar-refractivity contribution in [2.75, 3.05) is 27.3 Å². The summed E-state index contributed by atoms with van der Waals surface area (Å²) in [5, 5.41) is 22.5. The number of carbonyl (C=O) groups excluding carboxylic acids is 1. The van der Waals surface area contributed by atoms with E-state index in [1.54, 1.807) is 6.07 Å². The molecule has 0 radical (unpaired) electrons. The lowest BCUT2D eigenvalue weighted by atomic mass is 10.2. The first-order chi connectivity index (χ1) is 9.54. The summed E-state index contributed by atoms with van der Waals surface area (Å²) < 4.78 is 9.85. The Morgan fingerprint density at radius 3 is 2.55 bits per heavy atom. The highest BCUT2D eigenvalue weighted by atomic mass is 16.7. The van der Waals surface area contributed by atoms with Gasteiger partial charge in [-0.15, -0.1) is 0 Å². The summed E-state index contributed by atoms with van der Waals surface area (Å²) in [6.07, 6.45) is 1.05. The van der Waals surface area contributed by atoms with Crippen molar-refractivity contribution < 1.29 is 24.2 Å². The molecule has 0 rings (SSSR count). The van der Waals surface area contributed by atoms with Gasteiger partial charge in [0.1, 0.15) is 11.6 Å². The normalized spacial score (nSPS) is 11.0. The first-order valence-electron chi connectivity index (χ1n) is 5.94. The van der Waals surface area contributed by atoms with Gasteiger partial charge in [-0.2, -0.15) is 5.26 Å². The standard InChI is InChI=1S/C12H19N3O5/c1-19-11(20-2)8-14-7-9(6-13)12(18)15-5-3-4-10(16)17/h7,11,14H,3-5,8H2,1-2H3,(H,15,18)(H,16,17)/b9-7-. The van der Waals surface area contributed by atoms with Crippen LogP contribution in [0.5, 0.6) is 0 Å². The third-order valence-electron chi connectivity index (χ3n) is 2.27. The Morgan fingerprint density at radius 1 is 1.40 bits per heavy atom. The summed E-state index contributed by atoms with van der Waals surface area (Å²) >= 11 is 0. The Kier molecular flexibility index (Phi) is 9.64. The predicted molar refractivity (Wildman–Crippen MR) is 69.4 cm³/mol. The molecule has 0 heterocycles. The quantitative estimate of drug-likeness (QED) is 0.216. The van der Waals surface area contributed by atoms with Crippen LogP contribution in [0.3, 0.4) is 0 Å². The van der Waals surface area contributed by atoms with Crippen LogP contribution in [0, 0.1) is 11.3 Å². The van der Waals surface area contributed by atoms with E-state index in [1.807, 2.05) is 0 Å². The molecule has 0 atom stereocenters. The molecule has 0 aliphatic heterocycles. The maximum absolute atomic E-state index is 11.6. The summed E-state index contributed by atoms with van der Waals surface area (Å²) in [4.78, 5) is 21.9. The monoisotopic (exact) mass is 285 g/mol. The summed E-state index contributed by atoms with van der Waals surface area (Å²) in [6.45, 7) is 0.480. The number of ether oxygens (including phenoxy) is 2. The smallest absolute Gasteiger partial charge is 0.303 e. The third-order valence-corrected chi connectivity index (χ3v) is 2.27. The molecule has 0 aliphatic carbocycles. The zero-order chi connectivity index (χ0) is 15.4. The molecule has 0 saturated heterocycles. The van der Waals surface area contributed by atoms with Gasteiger partial charge in [-0.05, 0) is 6.42 Å². The van der Waals surface area contributed by atoms with Gasteiger partial charge in [-0.25, -0.2) is 0 Å². The molecular weight excluding hydrogens is 266 g/mol. The molecule has 0 fully saturated rings. The number of nitriles is 1. The Bertz CT molecular complexity index is 385. The van der Waals surface area contributed by atoms with Crippen molar-refractivity contribution in [2.24, 2.45) is 0 Å². The van der Waals surface area contributed by atoms with E-state index in [2.05, 4.69) is 10.6 Å². The maximum Gasteiger partial charge on any atom is 0.303 e. The van der Waals surface area contributed by atoms with E-state index in [9.17, 15) is 9.59 Å². The van der Waals surface area contributed by atoms with Crippen LogP contribution < -0.4 is 10.6 Å². The minimum atomic E-state index is -0.929. The Morgan fingerprint density at radius 2 is 2.05 bits per heavy atom. The van der Waals surface area contributed by atoms with E-state index in [0.29, 0.717) is 6.42 Å². The van der Waals surface area contributed by atoms with Crippen LogP contribution in [-0.4, -0.2) is 50.6 Å². The Hall–Kier alpha value is -2.11. The SMILES string of the molecule is COC(CN/C=C(/C#N)C(=O)NCCCC(=O)O)OC. The van der Waals surface area contributed by atoms with E-state index < -0.39 is 18.2 Å². The molecule has 0 aromatic heterocycles. The number of methoxy groups -OCH3 is 2. The molecule has 0 spiro atoms. The molecular formula is C12H19N3O5. The van der Waals surface area contributed by atoms with Gasteiger partial charge in [0, 0.05) is 33.4 Å². The molecule has 0 aromatic carbocycles. The van der Waals surface area contributed by atoms with Crippen LogP contribution in [0.1, 0.15) is 12.8 Å². The van der Waals surface area contributed by atoms with Crippen LogP contribution in [0.2, 0.25) is 0 Å². The number of carbonyl (C=O) groups is 2. The van der Waals surface area contributed by atoms with Gasteiger partial charge in [0.25, 0.3) is 5.91 Å². The molecule has 1 amide bonds. The Labute approximate surface area is 117 Å². The van der Waals surface area contributed by atoms with Gasteiger partial charge in [0.05, 0.1) is 6.54 Å². The van der Waals surface area contributed by atoms with Gasteiger partial charge in [0.2, 0.25) is 0 Å². The van der Waals surface area contributed by atoms with Crippen LogP contribution >= 0.6 is 0 Å². The Balaban J connectivity index is 4.13. The molecule has 0 bridgehead atoms. The van der Waals surface area contributed by atoms with Crippen LogP contribution in [-0.2, 0) is 19.1 Å². The van der Waals surface area contributed by atoms with Gasteiger partial charge in [-0.3, -0.25) is 9.59 Å². The molecule has 20 heavy (non-hydrogen) atoms. The molecule has 8 heteroatoms. The summed E-state index contributed by atoms with van der Waals surface area (Å²) in [5.41, 5.74) is -0.105. The fourth-order valence-corrected chi connectivity index (χ4v) is 1.21. The van der Waals surface area contributed by atoms with E-state index in [4.69, 9.17) is 19.8 Å². The second-order valence-electron chi connectivity index (χ2n) is 3.73. The van der Waals surface area contributed by atoms with Gasteiger partial charge >= 0.3 is 5.97 Å². The zero-order valence-electron chi connectivity index (χ0n) is 11.5. The van der Waals surface area contributed by atoms with E-state index in [-0.39, 0.29) is 25.1 Å². The van der Waals surface area contributed by atoms with Crippen LogP contribution in [0.25, 0.3) is 0 Å². The third kappa shape index (κ3) is 8.07. The fraction of sp³-hybridized carbons (Fsp3) is 0.583. The molecule has 8 nitrogen and oxygen atoms in total. The number of nitrogens with one attached hydrogen (secondary N) is 2. The number of aliphatic carboxylic acids is 1. The van der Waals surface area contributed by atoms with Crippen molar-refractivity contribution in [1.82, 2.24) is 10.6 Å². The van der Waals surface area contributed by atoms with Gasteiger partial charge in [0.15, 0.2) is 6.29 Å². The highest BCUT2D eigenvalue weighted by Crippen LogP contribution is 1.94.